The van der Waals surface area contributed by atoms with Crippen LogP contribution >= 0.6 is 0 Å². The molecule has 0 aliphatic heterocycles. The van der Waals surface area contributed by atoms with Gasteiger partial charge < -0.3 is 0 Å². The van der Waals surface area contributed by atoms with Gasteiger partial charge in [0.15, 0.2) is 0 Å². The van der Waals surface area contributed by atoms with Gasteiger partial charge in [-0.15, -0.1) is 0 Å². The number of anilines is 1. The van der Waals surface area contributed by atoms with Gasteiger partial charge in [0.25, 0.3) is 0 Å². The molecule has 0 aliphatic rings. The van der Waals surface area contributed by atoms with Crippen molar-refractivity contribution in [2.24, 2.45) is 0 Å². The standard InChI is InChI=1S/C12H18N2O3S/c1-9(2)11-5-7-12(8-6-11)14(4)18(16,17)13-10(3)15/h5-9H,1-4H3,(H,13,15). The van der Waals surface area contributed by atoms with E-state index in [1.54, 1.807) is 12.1 Å². The summed E-state index contributed by atoms with van der Waals surface area (Å²) in [5.41, 5.74) is 1.64. The number of amides is 1. The van der Waals surface area contributed by atoms with Gasteiger partial charge in [-0.05, 0) is 23.6 Å². The maximum atomic E-state index is 11.8. The smallest absolute Gasteiger partial charge is 0.274 e. The van der Waals surface area contributed by atoms with Gasteiger partial charge in [-0.3, -0.25) is 9.10 Å². The van der Waals surface area contributed by atoms with Crippen molar-refractivity contribution < 1.29 is 13.2 Å². The zero-order valence-electron chi connectivity index (χ0n) is 11.0. The van der Waals surface area contributed by atoms with Gasteiger partial charge >= 0.3 is 10.2 Å². The Bertz CT molecular complexity index is 521. The minimum Gasteiger partial charge on any atom is -0.274 e. The topological polar surface area (TPSA) is 66.5 Å². The Labute approximate surface area is 108 Å². The first-order chi connectivity index (χ1) is 8.24. The summed E-state index contributed by atoms with van der Waals surface area (Å²) in [5.74, 6) is -0.225. The first kappa shape index (κ1) is 14.5. The fourth-order valence-corrected chi connectivity index (χ4v) is 2.36. The van der Waals surface area contributed by atoms with Gasteiger partial charge in [0, 0.05) is 14.0 Å². The first-order valence-corrected chi connectivity index (χ1v) is 7.05. The molecule has 100 valence electrons. The minimum absolute atomic E-state index is 0.385. The lowest BCUT2D eigenvalue weighted by atomic mass is 10.0. The third kappa shape index (κ3) is 3.46. The lowest BCUT2D eigenvalue weighted by molar-refractivity contribution is -0.117. The monoisotopic (exact) mass is 270 g/mol. The van der Waals surface area contributed by atoms with E-state index in [4.69, 9.17) is 0 Å². The Morgan fingerprint density at radius 1 is 1.22 bits per heavy atom. The van der Waals surface area contributed by atoms with E-state index in [9.17, 15) is 13.2 Å². The van der Waals surface area contributed by atoms with E-state index in [0.29, 0.717) is 11.6 Å². The van der Waals surface area contributed by atoms with E-state index < -0.39 is 16.1 Å². The molecule has 0 aliphatic carbocycles. The van der Waals surface area contributed by atoms with Crippen LogP contribution in [0.2, 0.25) is 0 Å². The normalized spacial score (nSPS) is 11.4. The summed E-state index contributed by atoms with van der Waals surface area (Å²) >= 11 is 0. The molecule has 0 saturated heterocycles. The Morgan fingerprint density at radius 3 is 2.11 bits per heavy atom. The van der Waals surface area contributed by atoms with E-state index in [0.717, 1.165) is 16.8 Å². The van der Waals surface area contributed by atoms with Crippen molar-refractivity contribution in [2.75, 3.05) is 11.4 Å². The number of nitrogens with one attached hydrogen (secondary N) is 1. The number of nitrogens with zero attached hydrogens (tertiary/aromatic N) is 1. The van der Waals surface area contributed by atoms with Crippen LogP contribution in [0.3, 0.4) is 0 Å². The summed E-state index contributed by atoms with van der Waals surface area (Å²) in [6, 6.07) is 7.18. The molecule has 1 rings (SSSR count). The Hall–Kier alpha value is -1.56. The molecule has 0 unspecified atom stereocenters. The predicted molar refractivity (Wildman–Crippen MR) is 71.7 cm³/mol. The average Bonchev–Trinajstić information content (AvgIpc) is 2.26. The molecule has 18 heavy (non-hydrogen) atoms. The van der Waals surface area contributed by atoms with Crippen molar-refractivity contribution in [3.63, 3.8) is 0 Å². The number of hydrogen-bond acceptors (Lipinski definition) is 3. The fraction of sp³-hybridized carbons (Fsp3) is 0.417. The summed E-state index contributed by atoms with van der Waals surface area (Å²) in [5, 5.41) is 0. The average molecular weight is 270 g/mol. The van der Waals surface area contributed by atoms with Crippen molar-refractivity contribution in [3.05, 3.63) is 29.8 Å². The molecule has 1 N–H and O–H groups in total. The molecule has 0 saturated carbocycles. The van der Waals surface area contributed by atoms with Crippen LogP contribution in [-0.4, -0.2) is 21.4 Å². The van der Waals surface area contributed by atoms with Crippen molar-refractivity contribution in [2.45, 2.75) is 26.7 Å². The third-order valence-electron chi connectivity index (χ3n) is 2.56. The van der Waals surface area contributed by atoms with Crippen LogP contribution < -0.4 is 9.03 Å². The molecule has 1 amide bonds. The van der Waals surface area contributed by atoms with Gasteiger partial charge in [-0.25, -0.2) is 4.72 Å². The SMILES string of the molecule is CC(=O)NS(=O)(=O)N(C)c1ccc(C(C)C)cc1. The molecule has 0 aromatic heterocycles. The zero-order chi connectivity index (χ0) is 13.9. The van der Waals surface area contributed by atoms with Crippen LogP contribution in [0.5, 0.6) is 0 Å². The van der Waals surface area contributed by atoms with Crippen LogP contribution in [0.1, 0.15) is 32.3 Å². The highest BCUT2D eigenvalue weighted by molar-refractivity contribution is 7.91. The highest BCUT2D eigenvalue weighted by Gasteiger charge is 2.19. The predicted octanol–water partition coefficient (Wildman–Crippen LogP) is 1.63. The van der Waals surface area contributed by atoms with Crippen LogP contribution in [0, 0.1) is 0 Å². The molecule has 1 aromatic carbocycles. The maximum Gasteiger partial charge on any atom is 0.325 e. The molecule has 0 heterocycles. The van der Waals surface area contributed by atoms with Gasteiger partial charge in [0.2, 0.25) is 5.91 Å². The van der Waals surface area contributed by atoms with E-state index in [-0.39, 0.29) is 0 Å². The Kier molecular flexibility index (Phi) is 4.34. The minimum atomic E-state index is -3.81. The van der Waals surface area contributed by atoms with Crippen molar-refractivity contribution in [1.82, 2.24) is 4.72 Å². The number of rotatable bonds is 4. The molecule has 0 spiro atoms. The number of carbonyl (C=O) groups excluding carboxylic acids is 1. The Balaban J connectivity index is 2.97. The van der Waals surface area contributed by atoms with Crippen molar-refractivity contribution >= 4 is 21.8 Å². The molecule has 0 radical (unpaired) electrons. The Morgan fingerprint density at radius 2 is 1.72 bits per heavy atom. The first-order valence-electron chi connectivity index (χ1n) is 5.61. The van der Waals surface area contributed by atoms with Crippen LogP contribution in [0.25, 0.3) is 0 Å². The number of carbonyl (C=O) groups is 1. The van der Waals surface area contributed by atoms with Gasteiger partial charge in [0.05, 0.1) is 5.69 Å². The van der Waals surface area contributed by atoms with Crippen LogP contribution in [0.15, 0.2) is 24.3 Å². The molecule has 6 heteroatoms. The van der Waals surface area contributed by atoms with Crippen molar-refractivity contribution in [1.29, 1.82) is 0 Å². The zero-order valence-corrected chi connectivity index (χ0v) is 11.8. The second-order valence-corrected chi connectivity index (χ2v) is 6.08. The summed E-state index contributed by atoms with van der Waals surface area (Å²) in [7, 11) is -2.41. The number of hydrogen-bond donors (Lipinski definition) is 1. The van der Waals surface area contributed by atoms with Gasteiger partial charge in [0.1, 0.15) is 0 Å². The summed E-state index contributed by atoms with van der Waals surface area (Å²) < 4.78 is 26.5. The third-order valence-corrected chi connectivity index (χ3v) is 4.03. The van der Waals surface area contributed by atoms with Gasteiger partial charge in [-0.1, -0.05) is 26.0 Å². The molecule has 5 nitrogen and oxygen atoms in total. The van der Waals surface area contributed by atoms with Gasteiger partial charge in [-0.2, -0.15) is 8.42 Å². The molecular weight excluding hydrogens is 252 g/mol. The highest BCUT2D eigenvalue weighted by atomic mass is 32.2. The molecular formula is C12H18N2O3S. The highest BCUT2D eigenvalue weighted by Crippen LogP contribution is 2.20. The second kappa shape index (κ2) is 5.39. The van der Waals surface area contributed by atoms with E-state index >= 15 is 0 Å². The van der Waals surface area contributed by atoms with Crippen LogP contribution in [0.4, 0.5) is 5.69 Å². The van der Waals surface area contributed by atoms with Crippen molar-refractivity contribution in [3.8, 4) is 0 Å². The van der Waals surface area contributed by atoms with E-state index in [1.165, 1.54) is 7.05 Å². The fourth-order valence-electron chi connectivity index (χ4n) is 1.46. The van der Waals surface area contributed by atoms with E-state index in [2.05, 4.69) is 13.8 Å². The lowest BCUT2D eigenvalue weighted by Gasteiger charge is -2.19. The summed E-state index contributed by atoms with van der Waals surface area (Å²) in [4.78, 5) is 10.8. The lowest BCUT2D eigenvalue weighted by Crippen LogP contribution is -2.40. The summed E-state index contributed by atoms with van der Waals surface area (Å²) in [6.07, 6.45) is 0. The quantitative estimate of drug-likeness (QED) is 0.904. The number of benzene rings is 1. The molecule has 0 fully saturated rings. The largest absolute Gasteiger partial charge is 0.325 e. The van der Waals surface area contributed by atoms with Crippen LogP contribution in [-0.2, 0) is 15.0 Å². The molecule has 1 aromatic rings. The maximum absolute atomic E-state index is 11.8. The summed E-state index contributed by atoms with van der Waals surface area (Å²) in [6.45, 7) is 5.28. The second-order valence-electron chi connectivity index (χ2n) is 4.38. The molecule has 0 bridgehead atoms. The molecule has 0 atom stereocenters. The van der Waals surface area contributed by atoms with E-state index in [1.807, 2.05) is 16.9 Å².